The van der Waals surface area contributed by atoms with Crippen molar-refractivity contribution < 1.29 is 0 Å². The molecule has 0 amide bonds. The number of thiophene rings is 2. The van der Waals surface area contributed by atoms with Crippen molar-refractivity contribution in [2.75, 3.05) is 9.80 Å². The smallest absolute Gasteiger partial charge is 0.0561 e. The summed E-state index contributed by atoms with van der Waals surface area (Å²) in [5.74, 6) is 0. The van der Waals surface area contributed by atoms with Gasteiger partial charge in [-0.3, -0.25) is 0 Å². The topological polar surface area (TPSA) is 6.48 Å². The van der Waals surface area contributed by atoms with Gasteiger partial charge >= 0.3 is 0 Å². The zero-order valence-electron chi connectivity index (χ0n) is 44.7. The first kappa shape index (κ1) is 49.0. The number of hydrogen-bond acceptors (Lipinski definition) is 4. The summed E-state index contributed by atoms with van der Waals surface area (Å²) in [7, 11) is 0. The molecule has 0 N–H and O–H groups in total. The number of fused-ring (bicyclic) bond motifs is 6. The third-order valence-electron chi connectivity index (χ3n) is 15.9. The molecule has 0 unspecified atom stereocenters. The zero-order valence-corrected chi connectivity index (χ0v) is 46.4. The predicted octanol–water partition coefficient (Wildman–Crippen LogP) is 23.4. The second-order valence-electron chi connectivity index (χ2n) is 20.8. The van der Waals surface area contributed by atoms with Gasteiger partial charge in [-0.05, 0) is 141 Å². The lowest BCUT2D eigenvalue weighted by molar-refractivity contribution is 1.25. The fraction of sp³-hybridized carbons (Fsp3) is 0. The molecule has 0 radical (unpaired) electrons. The quantitative estimate of drug-likeness (QED) is 0.120. The van der Waals surface area contributed by atoms with Gasteiger partial charge in [0.2, 0.25) is 0 Å². The molecule has 0 aliphatic heterocycles. The number of hydrogen-bond donors (Lipinski definition) is 0. The van der Waals surface area contributed by atoms with E-state index in [9.17, 15) is 0 Å². The van der Waals surface area contributed by atoms with Crippen LogP contribution in [0.4, 0.5) is 34.1 Å². The van der Waals surface area contributed by atoms with Gasteiger partial charge in [-0.25, -0.2) is 0 Å². The van der Waals surface area contributed by atoms with Crippen molar-refractivity contribution >= 4 is 97.1 Å². The number of benzene rings is 13. The molecule has 0 aliphatic rings. The Bertz CT molecular complexity index is 4270. The largest absolute Gasteiger partial charge is 0.310 e. The van der Waals surface area contributed by atoms with Crippen LogP contribution in [-0.4, -0.2) is 0 Å². The van der Waals surface area contributed by atoms with Crippen LogP contribution in [0.1, 0.15) is 0 Å². The van der Waals surface area contributed by atoms with E-state index in [0.29, 0.717) is 0 Å². The van der Waals surface area contributed by atoms with Crippen LogP contribution in [0.2, 0.25) is 0 Å². The molecule has 2 nitrogen and oxygen atoms in total. The van der Waals surface area contributed by atoms with E-state index in [1.54, 1.807) is 0 Å². The second-order valence-corrected chi connectivity index (χ2v) is 23.0. The first-order chi connectivity index (χ1) is 40.6. The van der Waals surface area contributed by atoms with E-state index >= 15 is 0 Å². The molecule has 386 valence electrons. The SMILES string of the molecule is c1ccc(-c2ccc(N(c3ccc(-c4ccccc4)cc3)c3cc(N(c4ccc(-c5ccccc5)cc4)c4ccc(-c5ccccc5)cc4)c(-c4ccc5c(c4)sc4ccccc45)cc3-c3ccc4c(c3)sc3ccccc34)cc2)cc1. The summed E-state index contributed by atoms with van der Waals surface area (Å²) in [6.45, 7) is 0. The summed E-state index contributed by atoms with van der Waals surface area (Å²) in [5.41, 5.74) is 20.2. The van der Waals surface area contributed by atoms with Crippen molar-refractivity contribution in [2.24, 2.45) is 0 Å². The Labute approximate surface area is 486 Å². The van der Waals surface area contributed by atoms with Crippen molar-refractivity contribution in [1.82, 2.24) is 0 Å². The standard InChI is InChI=1S/C78H52N2S2/c1-5-17-53(18-6-1)57-29-39-63(40-30-57)79(64-41-31-58(32-42-64)54-19-7-2-8-20-54)73-52-74(80(65-43-33-59(34-44-65)55-21-9-3-10-22-55)66-45-35-60(36-46-66)56-23-11-4-12-24-56)72(62-38-48-70-68-26-14-16-28-76(68)82-78(70)50-62)51-71(73)61-37-47-69-67-25-13-15-27-75(67)81-77(69)49-61/h1-52H. The molecule has 0 aliphatic carbocycles. The third-order valence-corrected chi connectivity index (χ3v) is 18.2. The molecule has 2 heterocycles. The molecule has 0 fully saturated rings. The molecule has 0 bridgehead atoms. The third kappa shape index (κ3) is 9.20. The lowest BCUT2D eigenvalue weighted by Gasteiger charge is -2.33. The summed E-state index contributed by atoms with van der Waals surface area (Å²) in [6.07, 6.45) is 0. The zero-order chi connectivity index (χ0) is 54.3. The molecule has 0 spiro atoms. The van der Waals surface area contributed by atoms with Crippen molar-refractivity contribution in [3.8, 4) is 66.8 Å². The number of anilines is 6. The molecule has 4 heteroatoms. The molecular formula is C78H52N2S2. The van der Waals surface area contributed by atoms with Crippen LogP contribution in [0.15, 0.2) is 315 Å². The monoisotopic (exact) mass is 1080 g/mol. The maximum Gasteiger partial charge on any atom is 0.0561 e. The normalized spacial score (nSPS) is 11.4. The average Bonchev–Trinajstić information content (AvgIpc) is 4.30. The minimum absolute atomic E-state index is 1.05. The van der Waals surface area contributed by atoms with Crippen LogP contribution in [0.25, 0.3) is 107 Å². The highest BCUT2D eigenvalue weighted by atomic mass is 32.1. The Morgan fingerprint density at radius 3 is 0.756 bits per heavy atom. The summed E-state index contributed by atoms with van der Waals surface area (Å²) < 4.78 is 5.08. The fourth-order valence-electron chi connectivity index (χ4n) is 11.8. The van der Waals surface area contributed by atoms with Gasteiger partial charge < -0.3 is 9.80 Å². The van der Waals surface area contributed by atoms with Gasteiger partial charge in [0.05, 0.1) is 11.4 Å². The lowest BCUT2D eigenvalue weighted by Crippen LogP contribution is -2.15. The maximum atomic E-state index is 2.49. The molecule has 0 saturated heterocycles. The Hall–Kier alpha value is -10.1. The van der Waals surface area contributed by atoms with Gasteiger partial charge in [0, 0.05) is 74.2 Å². The molecular weight excluding hydrogens is 1030 g/mol. The highest BCUT2D eigenvalue weighted by Crippen LogP contribution is 2.52. The van der Waals surface area contributed by atoms with Crippen LogP contribution in [-0.2, 0) is 0 Å². The van der Waals surface area contributed by atoms with Crippen molar-refractivity contribution in [3.63, 3.8) is 0 Å². The van der Waals surface area contributed by atoms with Crippen molar-refractivity contribution in [2.45, 2.75) is 0 Å². The molecule has 82 heavy (non-hydrogen) atoms. The van der Waals surface area contributed by atoms with E-state index in [1.807, 2.05) is 22.7 Å². The van der Waals surface area contributed by atoms with Gasteiger partial charge in [-0.2, -0.15) is 0 Å². The van der Waals surface area contributed by atoms with E-state index < -0.39 is 0 Å². The van der Waals surface area contributed by atoms with E-state index in [4.69, 9.17) is 0 Å². The Balaban J connectivity index is 1.03. The van der Waals surface area contributed by atoms with E-state index in [2.05, 4.69) is 325 Å². The Morgan fingerprint density at radius 2 is 0.439 bits per heavy atom. The van der Waals surface area contributed by atoms with E-state index in [-0.39, 0.29) is 0 Å². The first-order valence-electron chi connectivity index (χ1n) is 27.9. The van der Waals surface area contributed by atoms with Gasteiger partial charge in [-0.15, -0.1) is 22.7 Å². The minimum atomic E-state index is 1.05. The van der Waals surface area contributed by atoms with Gasteiger partial charge in [0.1, 0.15) is 0 Å². The fourth-order valence-corrected chi connectivity index (χ4v) is 14.1. The Morgan fingerprint density at radius 1 is 0.183 bits per heavy atom. The summed E-state index contributed by atoms with van der Waals surface area (Å²) >= 11 is 3.72. The van der Waals surface area contributed by atoms with Crippen molar-refractivity contribution in [1.29, 1.82) is 0 Å². The van der Waals surface area contributed by atoms with Gasteiger partial charge in [0.25, 0.3) is 0 Å². The van der Waals surface area contributed by atoms with Crippen molar-refractivity contribution in [3.05, 3.63) is 315 Å². The molecule has 15 rings (SSSR count). The molecule has 2 aromatic heterocycles. The van der Waals surface area contributed by atoms with Crippen LogP contribution in [0, 0.1) is 0 Å². The van der Waals surface area contributed by atoms with E-state index in [1.165, 1.54) is 62.6 Å². The minimum Gasteiger partial charge on any atom is -0.310 e. The predicted molar refractivity (Wildman–Crippen MR) is 354 cm³/mol. The lowest BCUT2D eigenvalue weighted by atomic mass is 9.92. The molecule has 0 saturated carbocycles. The molecule has 13 aromatic carbocycles. The second kappa shape index (κ2) is 21.2. The number of nitrogens with zero attached hydrogens (tertiary/aromatic N) is 2. The summed E-state index contributed by atoms with van der Waals surface area (Å²) in [6, 6.07) is 116. The average molecular weight is 1080 g/mol. The van der Waals surface area contributed by atoms with Gasteiger partial charge in [-0.1, -0.05) is 231 Å². The first-order valence-corrected chi connectivity index (χ1v) is 29.5. The van der Waals surface area contributed by atoms with Crippen LogP contribution < -0.4 is 9.80 Å². The van der Waals surface area contributed by atoms with E-state index in [0.717, 1.165) is 78.6 Å². The molecule has 15 aromatic rings. The van der Waals surface area contributed by atoms with Crippen LogP contribution >= 0.6 is 22.7 Å². The summed E-state index contributed by atoms with van der Waals surface area (Å²) in [5, 5.41) is 5.11. The highest BCUT2D eigenvalue weighted by Gasteiger charge is 2.26. The van der Waals surface area contributed by atoms with Crippen LogP contribution in [0.5, 0.6) is 0 Å². The summed E-state index contributed by atoms with van der Waals surface area (Å²) in [4.78, 5) is 4.96. The maximum absolute atomic E-state index is 2.49. The Kier molecular flexibility index (Phi) is 12.6. The van der Waals surface area contributed by atoms with Crippen LogP contribution in [0.3, 0.4) is 0 Å². The number of rotatable bonds is 12. The highest BCUT2D eigenvalue weighted by molar-refractivity contribution is 7.26. The van der Waals surface area contributed by atoms with Gasteiger partial charge in [0.15, 0.2) is 0 Å². The molecule has 0 atom stereocenters.